The van der Waals surface area contributed by atoms with Crippen molar-refractivity contribution in [2.24, 2.45) is 0 Å². The van der Waals surface area contributed by atoms with Crippen molar-refractivity contribution >= 4 is 28.5 Å². The van der Waals surface area contributed by atoms with Gasteiger partial charge in [0, 0.05) is 24.5 Å². The normalized spacial score (nSPS) is 10.9. The maximum Gasteiger partial charge on any atom is 0.257 e. The zero-order chi connectivity index (χ0) is 25.7. The lowest BCUT2D eigenvalue weighted by Crippen LogP contribution is -2.29. The number of hydrogen-bond acceptors (Lipinski definition) is 4. The third-order valence-corrected chi connectivity index (χ3v) is 6.36. The Bertz CT molecular complexity index is 1240. The van der Waals surface area contributed by atoms with Crippen molar-refractivity contribution < 1.29 is 14.3 Å². The van der Waals surface area contributed by atoms with Crippen molar-refractivity contribution in [3.05, 3.63) is 89.7 Å². The fourth-order valence-corrected chi connectivity index (χ4v) is 4.31. The summed E-state index contributed by atoms with van der Waals surface area (Å²) in [5.41, 5.74) is 2.24. The lowest BCUT2D eigenvalue weighted by molar-refractivity contribution is -0.123. The van der Waals surface area contributed by atoms with Gasteiger partial charge in [0.2, 0.25) is 0 Å². The average Bonchev–Trinajstić information content (AvgIpc) is 3.28. The Morgan fingerprint density at radius 1 is 0.811 bits per heavy atom. The van der Waals surface area contributed by atoms with Gasteiger partial charge in [-0.15, -0.1) is 0 Å². The highest BCUT2D eigenvalue weighted by Gasteiger charge is 2.10. The Morgan fingerprint density at radius 3 is 2.41 bits per heavy atom. The number of nitrogens with zero attached hydrogens (tertiary/aromatic N) is 2. The number of para-hydroxylation sites is 3. The van der Waals surface area contributed by atoms with Gasteiger partial charge in [0.25, 0.3) is 5.91 Å². The van der Waals surface area contributed by atoms with Crippen LogP contribution in [0.2, 0.25) is 5.02 Å². The number of rotatable bonds is 15. The number of amides is 1. The second kappa shape index (κ2) is 14.3. The van der Waals surface area contributed by atoms with E-state index in [0.29, 0.717) is 23.9 Å². The van der Waals surface area contributed by atoms with E-state index in [9.17, 15) is 4.79 Å². The summed E-state index contributed by atoms with van der Waals surface area (Å²) in [4.78, 5) is 16.9. The van der Waals surface area contributed by atoms with E-state index in [0.717, 1.165) is 62.2 Å². The van der Waals surface area contributed by atoms with Gasteiger partial charge >= 0.3 is 0 Å². The number of fused-ring (bicyclic) bond motifs is 1. The molecular weight excluding hydrogens is 486 g/mol. The smallest absolute Gasteiger partial charge is 0.257 e. The molecule has 0 fully saturated rings. The summed E-state index contributed by atoms with van der Waals surface area (Å²) in [6.45, 7) is 2.28. The lowest BCUT2D eigenvalue weighted by Gasteiger charge is -2.10. The molecule has 0 atom stereocenters. The molecule has 0 aliphatic heterocycles. The van der Waals surface area contributed by atoms with E-state index in [2.05, 4.69) is 28.1 Å². The highest BCUT2D eigenvalue weighted by Crippen LogP contribution is 2.19. The van der Waals surface area contributed by atoms with Crippen molar-refractivity contribution in [1.82, 2.24) is 14.9 Å². The molecule has 0 bridgehead atoms. The highest BCUT2D eigenvalue weighted by atomic mass is 35.5. The van der Waals surface area contributed by atoms with Gasteiger partial charge in [0.05, 0.1) is 17.6 Å². The van der Waals surface area contributed by atoms with E-state index in [1.165, 1.54) is 5.52 Å². The molecule has 194 valence electrons. The second-order valence-corrected chi connectivity index (χ2v) is 9.38. The molecule has 6 nitrogen and oxygen atoms in total. The van der Waals surface area contributed by atoms with Gasteiger partial charge in [0.15, 0.2) is 6.61 Å². The van der Waals surface area contributed by atoms with E-state index < -0.39 is 0 Å². The predicted molar refractivity (Wildman–Crippen MR) is 148 cm³/mol. The monoisotopic (exact) mass is 519 g/mol. The number of hydrogen-bond donors (Lipinski definition) is 1. The van der Waals surface area contributed by atoms with Crippen molar-refractivity contribution in [2.45, 2.75) is 45.1 Å². The molecule has 0 aliphatic carbocycles. The van der Waals surface area contributed by atoms with Crippen LogP contribution in [-0.2, 0) is 17.8 Å². The molecule has 0 saturated carbocycles. The summed E-state index contributed by atoms with van der Waals surface area (Å²) in [6.07, 6.45) is 5.91. The summed E-state index contributed by atoms with van der Waals surface area (Å²) < 4.78 is 13.7. The van der Waals surface area contributed by atoms with Gasteiger partial charge < -0.3 is 19.4 Å². The molecule has 7 heteroatoms. The molecule has 0 unspecified atom stereocenters. The van der Waals surface area contributed by atoms with E-state index >= 15 is 0 Å². The number of halogens is 1. The first kappa shape index (κ1) is 26.6. The summed E-state index contributed by atoms with van der Waals surface area (Å²) in [7, 11) is 0. The van der Waals surface area contributed by atoms with Gasteiger partial charge in [-0.05, 0) is 74.2 Å². The van der Waals surface area contributed by atoms with Crippen LogP contribution in [0.25, 0.3) is 11.0 Å². The van der Waals surface area contributed by atoms with Crippen LogP contribution < -0.4 is 14.8 Å². The molecule has 1 heterocycles. The molecule has 4 rings (SSSR count). The minimum absolute atomic E-state index is 0.00203. The van der Waals surface area contributed by atoms with E-state index in [1.807, 2.05) is 36.4 Å². The van der Waals surface area contributed by atoms with Gasteiger partial charge in [0.1, 0.15) is 17.3 Å². The Balaban J connectivity index is 1.16. The van der Waals surface area contributed by atoms with Crippen LogP contribution in [0.1, 0.15) is 37.9 Å². The fraction of sp³-hybridized carbons (Fsp3) is 0.333. The molecule has 0 aliphatic rings. The van der Waals surface area contributed by atoms with Crippen LogP contribution >= 0.6 is 11.6 Å². The van der Waals surface area contributed by atoms with Gasteiger partial charge in [-0.1, -0.05) is 48.4 Å². The molecule has 1 aromatic heterocycles. The zero-order valence-corrected chi connectivity index (χ0v) is 21.8. The average molecular weight is 520 g/mol. The number of unbranched alkanes of at least 4 members (excludes halogenated alkanes) is 3. The Labute approximate surface area is 223 Å². The Morgan fingerprint density at radius 2 is 1.57 bits per heavy atom. The van der Waals surface area contributed by atoms with Crippen LogP contribution in [0, 0.1) is 0 Å². The number of benzene rings is 3. The number of carbonyl (C=O) groups excluding carboxylic acids is 1. The van der Waals surface area contributed by atoms with Crippen LogP contribution in [0.15, 0.2) is 78.9 Å². The van der Waals surface area contributed by atoms with Crippen molar-refractivity contribution in [2.75, 3.05) is 19.8 Å². The van der Waals surface area contributed by atoms with Crippen LogP contribution in [0.3, 0.4) is 0 Å². The number of carbonyl (C=O) groups is 1. The fourth-order valence-electron chi connectivity index (χ4n) is 4.19. The minimum Gasteiger partial charge on any atom is -0.494 e. The zero-order valence-electron chi connectivity index (χ0n) is 21.1. The summed E-state index contributed by atoms with van der Waals surface area (Å²) in [5.74, 6) is 2.56. The SMILES string of the molecule is O=C(COc1ccc(Cl)cc1)NCCCCCc1nc2ccccc2n1CCCCOc1ccccc1. The van der Waals surface area contributed by atoms with E-state index in [4.69, 9.17) is 26.1 Å². The first-order valence-electron chi connectivity index (χ1n) is 13.0. The molecule has 3 aromatic carbocycles. The van der Waals surface area contributed by atoms with Gasteiger partial charge in [-0.25, -0.2) is 4.98 Å². The van der Waals surface area contributed by atoms with Crippen LogP contribution in [-0.4, -0.2) is 35.2 Å². The number of ether oxygens (including phenoxy) is 2. The summed E-state index contributed by atoms with van der Waals surface area (Å²) >= 11 is 5.86. The maximum atomic E-state index is 12.0. The summed E-state index contributed by atoms with van der Waals surface area (Å²) in [6, 6.07) is 25.3. The number of aryl methyl sites for hydroxylation is 2. The topological polar surface area (TPSA) is 65.4 Å². The molecule has 4 aromatic rings. The third kappa shape index (κ3) is 8.53. The molecule has 37 heavy (non-hydrogen) atoms. The summed E-state index contributed by atoms with van der Waals surface area (Å²) in [5, 5.41) is 3.56. The van der Waals surface area contributed by atoms with E-state index in [-0.39, 0.29) is 12.5 Å². The van der Waals surface area contributed by atoms with Crippen molar-refractivity contribution in [1.29, 1.82) is 0 Å². The lowest BCUT2D eigenvalue weighted by atomic mass is 10.2. The number of imidazole rings is 1. The molecule has 1 amide bonds. The Kier molecular flexibility index (Phi) is 10.3. The largest absolute Gasteiger partial charge is 0.494 e. The van der Waals surface area contributed by atoms with Crippen molar-refractivity contribution in [3.63, 3.8) is 0 Å². The predicted octanol–water partition coefficient (Wildman–Crippen LogP) is 6.46. The molecule has 0 radical (unpaired) electrons. The third-order valence-electron chi connectivity index (χ3n) is 6.10. The van der Waals surface area contributed by atoms with E-state index in [1.54, 1.807) is 24.3 Å². The molecular formula is C30H34ClN3O3. The number of nitrogens with one attached hydrogen (secondary N) is 1. The van der Waals surface area contributed by atoms with Crippen LogP contribution in [0.5, 0.6) is 11.5 Å². The second-order valence-electron chi connectivity index (χ2n) is 8.94. The Hall–Kier alpha value is -3.51. The minimum atomic E-state index is -0.118. The number of aromatic nitrogens is 2. The first-order valence-corrected chi connectivity index (χ1v) is 13.3. The molecule has 1 N–H and O–H groups in total. The molecule has 0 saturated heterocycles. The standard InChI is InChI=1S/C30H34ClN3O3/c31-24-16-18-26(19-17-24)37-23-30(35)32-20-8-2-5-15-29-33-27-13-6-7-14-28(27)34(29)21-9-10-22-36-25-11-3-1-4-12-25/h1,3-4,6-7,11-14,16-19H,2,5,8-10,15,20-23H2,(H,32,35). The van der Waals surface area contributed by atoms with Gasteiger partial charge in [-0.2, -0.15) is 0 Å². The van der Waals surface area contributed by atoms with Crippen LogP contribution in [0.4, 0.5) is 0 Å². The highest BCUT2D eigenvalue weighted by molar-refractivity contribution is 6.30. The first-order chi connectivity index (χ1) is 18.2. The quantitative estimate of drug-likeness (QED) is 0.183. The maximum absolute atomic E-state index is 12.0. The van der Waals surface area contributed by atoms with Gasteiger partial charge in [-0.3, -0.25) is 4.79 Å². The molecule has 0 spiro atoms. The van der Waals surface area contributed by atoms with Crippen molar-refractivity contribution in [3.8, 4) is 11.5 Å².